The fraction of sp³-hybridized carbons (Fsp3) is 0.200. The van der Waals surface area contributed by atoms with Crippen LogP contribution in [0.3, 0.4) is 0 Å². The van der Waals surface area contributed by atoms with Crippen molar-refractivity contribution >= 4 is 22.5 Å². The summed E-state index contributed by atoms with van der Waals surface area (Å²) >= 11 is 0. The number of rotatable bonds is 9. The molecule has 0 aliphatic heterocycles. The van der Waals surface area contributed by atoms with Gasteiger partial charge in [-0.3, -0.25) is 9.78 Å². The number of amides is 1. The van der Waals surface area contributed by atoms with Crippen molar-refractivity contribution in [2.24, 2.45) is 0 Å². The number of nitrogens with zero attached hydrogens (tertiary/aromatic N) is 1. The lowest BCUT2D eigenvalue weighted by atomic mass is 10.0. The Bertz CT molecular complexity index is 1080. The Morgan fingerprint density at radius 1 is 0.967 bits per heavy atom. The maximum Gasteiger partial charge on any atom is 0.241 e. The minimum atomic E-state index is -0.326. The predicted molar refractivity (Wildman–Crippen MR) is 121 cm³/mol. The molecular formula is C25H26N4O. The molecule has 1 atom stereocenters. The molecule has 30 heavy (non-hydrogen) atoms. The van der Waals surface area contributed by atoms with Gasteiger partial charge in [-0.25, -0.2) is 0 Å². The third-order valence-corrected chi connectivity index (χ3v) is 5.24. The fourth-order valence-corrected chi connectivity index (χ4v) is 3.66. The number of fused-ring (bicyclic) bond motifs is 1. The predicted octanol–water partition coefficient (Wildman–Crippen LogP) is 4.34. The summed E-state index contributed by atoms with van der Waals surface area (Å²) in [7, 11) is 0. The Hall–Kier alpha value is -3.44. The van der Waals surface area contributed by atoms with Crippen LogP contribution in [0.2, 0.25) is 0 Å². The van der Waals surface area contributed by atoms with Crippen molar-refractivity contribution in [1.82, 2.24) is 15.3 Å². The van der Waals surface area contributed by atoms with E-state index in [1.54, 1.807) is 24.5 Å². The number of carbonyl (C=O) groups excluding carboxylic acids is 1. The minimum absolute atomic E-state index is 0.0359. The van der Waals surface area contributed by atoms with E-state index < -0.39 is 0 Å². The topological polar surface area (TPSA) is 69.8 Å². The summed E-state index contributed by atoms with van der Waals surface area (Å²) in [6, 6.07) is 21.9. The molecule has 5 nitrogen and oxygen atoms in total. The molecule has 0 aliphatic carbocycles. The van der Waals surface area contributed by atoms with Gasteiger partial charge in [-0.2, -0.15) is 0 Å². The second-order valence-corrected chi connectivity index (χ2v) is 7.38. The number of aromatic amines is 1. The largest absolute Gasteiger partial charge is 0.361 e. The number of hydrogen-bond donors (Lipinski definition) is 3. The molecule has 0 bridgehead atoms. The van der Waals surface area contributed by atoms with Crippen LogP contribution in [0, 0.1) is 0 Å². The molecule has 2 aromatic carbocycles. The number of aromatic nitrogens is 2. The van der Waals surface area contributed by atoms with Crippen LogP contribution >= 0.6 is 0 Å². The van der Waals surface area contributed by atoms with Gasteiger partial charge in [0.1, 0.15) is 0 Å². The van der Waals surface area contributed by atoms with E-state index in [1.165, 1.54) is 5.56 Å². The first-order valence-electron chi connectivity index (χ1n) is 10.3. The van der Waals surface area contributed by atoms with Crippen molar-refractivity contribution in [3.63, 3.8) is 0 Å². The number of nitrogens with one attached hydrogen (secondary N) is 3. The van der Waals surface area contributed by atoms with Crippen molar-refractivity contribution in [2.45, 2.75) is 25.3 Å². The van der Waals surface area contributed by atoms with Crippen LogP contribution in [-0.4, -0.2) is 28.5 Å². The highest BCUT2D eigenvalue weighted by Crippen LogP contribution is 2.19. The van der Waals surface area contributed by atoms with E-state index >= 15 is 0 Å². The summed E-state index contributed by atoms with van der Waals surface area (Å²) in [6.45, 7) is 0.770. The summed E-state index contributed by atoms with van der Waals surface area (Å²) in [4.78, 5) is 20.3. The Kier molecular flexibility index (Phi) is 6.52. The zero-order valence-corrected chi connectivity index (χ0v) is 16.8. The number of hydrogen-bond acceptors (Lipinski definition) is 3. The fourth-order valence-electron chi connectivity index (χ4n) is 3.66. The molecule has 2 heterocycles. The van der Waals surface area contributed by atoms with Crippen LogP contribution in [-0.2, 0) is 17.6 Å². The van der Waals surface area contributed by atoms with Crippen LogP contribution in [0.5, 0.6) is 0 Å². The molecule has 152 valence electrons. The standard InChI is InChI=1S/C25H26N4O/c30-25(29-21-12-15-26-16-13-21)24(27-14-6-9-19-7-2-1-3-8-19)17-20-18-28-23-11-5-4-10-22(20)23/h1-5,7-8,10-13,15-16,18,24,27-28H,6,9,14,17H2,(H,26,29,30)/t24-/m0/s1. The van der Waals surface area contributed by atoms with Crippen molar-refractivity contribution in [3.05, 3.63) is 96.4 Å². The lowest BCUT2D eigenvalue weighted by molar-refractivity contribution is -0.118. The third-order valence-electron chi connectivity index (χ3n) is 5.24. The van der Waals surface area contributed by atoms with Gasteiger partial charge in [0, 0.05) is 35.2 Å². The molecular weight excluding hydrogens is 372 g/mol. The molecule has 0 aliphatic rings. The minimum Gasteiger partial charge on any atom is -0.361 e. The van der Waals surface area contributed by atoms with Crippen molar-refractivity contribution in [3.8, 4) is 0 Å². The molecule has 3 N–H and O–H groups in total. The summed E-state index contributed by atoms with van der Waals surface area (Å²) < 4.78 is 0. The van der Waals surface area contributed by atoms with Gasteiger partial charge in [-0.15, -0.1) is 0 Å². The number of H-pyrrole nitrogens is 1. The summed E-state index contributed by atoms with van der Waals surface area (Å²) in [6.07, 6.45) is 7.93. The molecule has 0 spiro atoms. The lowest BCUT2D eigenvalue weighted by Gasteiger charge is -2.18. The molecule has 0 unspecified atom stereocenters. The molecule has 4 aromatic rings. The first-order valence-corrected chi connectivity index (χ1v) is 10.3. The van der Waals surface area contributed by atoms with Gasteiger partial charge in [-0.1, -0.05) is 48.5 Å². The number of carbonyl (C=O) groups is 1. The van der Waals surface area contributed by atoms with Crippen LogP contribution in [0.1, 0.15) is 17.5 Å². The molecule has 0 saturated heterocycles. The second-order valence-electron chi connectivity index (χ2n) is 7.38. The quantitative estimate of drug-likeness (QED) is 0.368. The zero-order chi connectivity index (χ0) is 20.6. The van der Waals surface area contributed by atoms with Gasteiger partial charge < -0.3 is 15.6 Å². The number of aryl methyl sites for hydroxylation is 1. The highest BCUT2D eigenvalue weighted by Gasteiger charge is 2.20. The number of anilines is 1. The van der Waals surface area contributed by atoms with Crippen molar-refractivity contribution < 1.29 is 4.79 Å². The van der Waals surface area contributed by atoms with Crippen LogP contribution in [0.4, 0.5) is 5.69 Å². The van der Waals surface area contributed by atoms with Crippen molar-refractivity contribution in [2.75, 3.05) is 11.9 Å². The summed E-state index contributed by atoms with van der Waals surface area (Å²) in [5.41, 5.74) is 4.29. The zero-order valence-electron chi connectivity index (χ0n) is 16.8. The maximum atomic E-state index is 13.0. The summed E-state index contributed by atoms with van der Waals surface area (Å²) in [5, 5.41) is 7.64. The normalized spacial score (nSPS) is 12.0. The maximum absolute atomic E-state index is 13.0. The molecule has 0 radical (unpaired) electrons. The monoisotopic (exact) mass is 398 g/mol. The molecule has 0 fully saturated rings. The number of para-hydroxylation sites is 1. The molecule has 5 heteroatoms. The van der Waals surface area contributed by atoms with Gasteiger partial charge in [-0.05, 0) is 55.1 Å². The lowest BCUT2D eigenvalue weighted by Crippen LogP contribution is -2.42. The Balaban J connectivity index is 1.43. The smallest absolute Gasteiger partial charge is 0.241 e. The highest BCUT2D eigenvalue weighted by atomic mass is 16.2. The van der Waals surface area contributed by atoms with Crippen LogP contribution in [0.25, 0.3) is 10.9 Å². The average Bonchev–Trinajstić information content (AvgIpc) is 3.20. The summed E-state index contributed by atoms with van der Waals surface area (Å²) in [5.74, 6) is -0.0359. The number of benzene rings is 2. The van der Waals surface area contributed by atoms with E-state index in [0.717, 1.165) is 41.5 Å². The van der Waals surface area contributed by atoms with Gasteiger partial charge in [0.2, 0.25) is 5.91 Å². The third kappa shape index (κ3) is 5.13. The van der Waals surface area contributed by atoms with E-state index in [2.05, 4.69) is 57.0 Å². The van der Waals surface area contributed by atoms with E-state index in [-0.39, 0.29) is 11.9 Å². The molecule has 1 amide bonds. The Morgan fingerprint density at radius 2 is 1.73 bits per heavy atom. The van der Waals surface area contributed by atoms with Crippen LogP contribution in [0.15, 0.2) is 85.3 Å². The van der Waals surface area contributed by atoms with E-state index in [0.29, 0.717) is 6.42 Å². The number of pyridine rings is 1. The molecule has 4 rings (SSSR count). The van der Waals surface area contributed by atoms with Gasteiger partial charge in [0.25, 0.3) is 0 Å². The highest BCUT2D eigenvalue weighted by molar-refractivity contribution is 5.95. The van der Waals surface area contributed by atoms with Crippen LogP contribution < -0.4 is 10.6 Å². The van der Waals surface area contributed by atoms with E-state index in [4.69, 9.17) is 0 Å². The Labute approximate surface area is 176 Å². The molecule has 2 aromatic heterocycles. The first kappa shape index (κ1) is 19.9. The van der Waals surface area contributed by atoms with Crippen molar-refractivity contribution in [1.29, 1.82) is 0 Å². The SMILES string of the molecule is O=C(Nc1ccncc1)[C@H](Cc1c[nH]c2ccccc12)NCCCc1ccccc1. The average molecular weight is 399 g/mol. The first-order chi connectivity index (χ1) is 14.8. The molecule has 0 saturated carbocycles. The van der Waals surface area contributed by atoms with E-state index in [1.807, 2.05) is 24.4 Å². The second kappa shape index (κ2) is 9.85. The van der Waals surface area contributed by atoms with E-state index in [9.17, 15) is 4.79 Å². The van der Waals surface area contributed by atoms with Gasteiger partial charge >= 0.3 is 0 Å². The Morgan fingerprint density at radius 3 is 2.57 bits per heavy atom. The van der Waals surface area contributed by atoms with Gasteiger partial charge in [0.15, 0.2) is 0 Å². The van der Waals surface area contributed by atoms with Gasteiger partial charge in [0.05, 0.1) is 6.04 Å².